The highest BCUT2D eigenvalue weighted by atomic mass is 127. The van der Waals surface area contributed by atoms with Gasteiger partial charge in [-0.05, 0) is 49.4 Å². The summed E-state index contributed by atoms with van der Waals surface area (Å²) in [5.41, 5.74) is 0.0657. The first-order valence-corrected chi connectivity index (χ1v) is 6.68. The van der Waals surface area contributed by atoms with E-state index in [-0.39, 0.29) is 5.56 Å². The molecule has 0 aliphatic carbocycles. The fourth-order valence-corrected chi connectivity index (χ4v) is 2.43. The minimum Gasteiger partial charge on any atom is -0.258 e. The molecule has 0 amide bonds. The van der Waals surface area contributed by atoms with Crippen LogP contribution in [0.5, 0.6) is 0 Å². The predicted octanol–water partition coefficient (Wildman–Crippen LogP) is 4.33. The summed E-state index contributed by atoms with van der Waals surface area (Å²) in [6.07, 6.45) is 1.57. The van der Waals surface area contributed by atoms with Gasteiger partial charge in [0.05, 0.1) is 21.0 Å². The normalized spacial score (nSPS) is 11.9. The predicted molar refractivity (Wildman–Crippen MR) is 75.3 cm³/mol. The molecule has 102 valence electrons. The molecule has 0 radical (unpaired) electrons. The van der Waals surface area contributed by atoms with E-state index in [1.54, 1.807) is 10.9 Å². The van der Waals surface area contributed by atoms with Gasteiger partial charge in [0.25, 0.3) is 0 Å². The third kappa shape index (κ3) is 2.63. The van der Waals surface area contributed by atoms with Crippen molar-refractivity contribution in [3.8, 4) is 11.3 Å². The first kappa shape index (κ1) is 14.4. The Labute approximate surface area is 122 Å². The molecular weight excluding hydrogens is 368 g/mol. The van der Waals surface area contributed by atoms with E-state index in [9.17, 15) is 13.2 Å². The maximum Gasteiger partial charge on any atom is 0.161 e. The molecule has 0 unspecified atom stereocenters. The van der Waals surface area contributed by atoms with Crippen LogP contribution in [0.4, 0.5) is 13.2 Å². The molecule has 0 saturated carbocycles. The lowest BCUT2D eigenvalue weighted by molar-refractivity contribution is 0.359. The van der Waals surface area contributed by atoms with Crippen LogP contribution in [0.3, 0.4) is 0 Å². The van der Waals surface area contributed by atoms with Crippen LogP contribution in [0.25, 0.3) is 11.3 Å². The lowest BCUT2D eigenvalue weighted by Crippen LogP contribution is -2.24. The highest BCUT2D eigenvalue weighted by Gasteiger charge is 2.24. The summed E-state index contributed by atoms with van der Waals surface area (Å²) in [6.45, 7) is 5.70. The minimum atomic E-state index is -1.20. The molecule has 2 aromatic rings. The average molecular weight is 380 g/mol. The molecule has 1 heterocycles. The van der Waals surface area contributed by atoms with E-state index in [0.29, 0.717) is 15.3 Å². The van der Waals surface area contributed by atoms with Crippen molar-refractivity contribution in [3.63, 3.8) is 0 Å². The number of hydrogen-bond donors (Lipinski definition) is 0. The Bertz CT molecular complexity index is 630. The molecular formula is C13H12F3IN2. The molecule has 2 rings (SSSR count). The molecule has 0 aliphatic heterocycles. The van der Waals surface area contributed by atoms with Gasteiger partial charge in [-0.1, -0.05) is 0 Å². The molecule has 19 heavy (non-hydrogen) atoms. The Kier molecular flexibility index (Phi) is 3.63. The van der Waals surface area contributed by atoms with Crippen molar-refractivity contribution in [2.24, 2.45) is 0 Å². The van der Waals surface area contributed by atoms with Crippen LogP contribution in [0.15, 0.2) is 18.3 Å². The summed E-state index contributed by atoms with van der Waals surface area (Å²) >= 11 is 2.00. The summed E-state index contributed by atoms with van der Waals surface area (Å²) in [6, 6.07) is 1.42. The Morgan fingerprint density at radius 1 is 1.05 bits per heavy atom. The van der Waals surface area contributed by atoms with Crippen LogP contribution in [-0.2, 0) is 5.54 Å². The third-order valence-corrected chi connectivity index (χ3v) is 3.41. The third-order valence-electron chi connectivity index (χ3n) is 2.63. The zero-order chi connectivity index (χ0) is 14.4. The topological polar surface area (TPSA) is 17.8 Å². The van der Waals surface area contributed by atoms with Crippen molar-refractivity contribution in [1.29, 1.82) is 0 Å². The molecule has 2 nitrogen and oxygen atoms in total. The van der Waals surface area contributed by atoms with Gasteiger partial charge in [0.15, 0.2) is 11.6 Å². The van der Waals surface area contributed by atoms with Gasteiger partial charge in [0.1, 0.15) is 5.82 Å². The van der Waals surface area contributed by atoms with Gasteiger partial charge >= 0.3 is 0 Å². The molecule has 0 bridgehead atoms. The van der Waals surface area contributed by atoms with E-state index in [2.05, 4.69) is 5.10 Å². The highest BCUT2D eigenvalue weighted by molar-refractivity contribution is 14.1. The summed E-state index contributed by atoms with van der Waals surface area (Å²) in [7, 11) is 0. The van der Waals surface area contributed by atoms with Crippen molar-refractivity contribution in [3.05, 3.63) is 39.4 Å². The molecule has 0 N–H and O–H groups in total. The van der Waals surface area contributed by atoms with Gasteiger partial charge < -0.3 is 0 Å². The smallest absolute Gasteiger partial charge is 0.161 e. The Hall–Kier alpha value is -1.05. The van der Waals surface area contributed by atoms with Crippen molar-refractivity contribution >= 4 is 22.6 Å². The minimum absolute atomic E-state index is 0.00993. The standard InChI is InChI=1S/C13H12F3IN2/c1-13(2,3)19-12(11(17)6-18-19)7-4-9(15)10(16)5-8(7)14/h4-6H,1-3H3. The maximum absolute atomic E-state index is 13.9. The number of rotatable bonds is 1. The van der Waals surface area contributed by atoms with Crippen LogP contribution < -0.4 is 0 Å². The van der Waals surface area contributed by atoms with Crippen molar-refractivity contribution < 1.29 is 13.2 Å². The van der Waals surface area contributed by atoms with Gasteiger partial charge in [0, 0.05) is 11.6 Å². The van der Waals surface area contributed by atoms with Crippen LogP contribution in [-0.4, -0.2) is 9.78 Å². The monoisotopic (exact) mass is 380 g/mol. The molecule has 6 heteroatoms. The summed E-state index contributed by atoms with van der Waals surface area (Å²) in [5, 5.41) is 4.18. The fraction of sp³-hybridized carbons (Fsp3) is 0.308. The van der Waals surface area contributed by atoms with Crippen LogP contribution in [0.1, 0.15) is 20.8 Å². The number of nitrogens with zero attached hydrogens (tertiary/aromatic N) is 2. The van der Waals surface area contributed by atoms with Crippen LogP contribution in [0, 0.1) is 21.0 Å². The molecule has 1 aromatic heterocycles. The Morgan fingerprint density at radius 2 is 1.63 bits per heavy atom. The molecule has 0 aliphatic rings. The van der Waals surface area contributed by atoms with E-state index < -0.39 is 23.0 Å². The summed E-state index contributed by atoms with van der Waals surface area (Å²) < 4.78 is 42.5. The zero-order valence-corrected chi connectivity index (χ0v) is 12.8. The number of aromatic nitrogens is 2. The Morgan fingerprint density at radius 3 is 2.21 bits per heavy atom. The second-order valence-corrected chi connectivity index (χ2v) is 6.33. The van der Waals surface area contributed by atoms with Gasteiger partial charge in [-0.3, -0.25) is 4.68 Å². The number of halogens is 4. The van der Waals surface area contributed by atoms with Crippen molar-refractivity contribution in [1.82, 2.24) is 9.78 Å². The SMILES string of the molecule is CC(C)(C)n1ncc(I)c1-c1cc(F)c(F)cc1F. The number of hydrogen-bond acceptors (Lipinski definition) is 1. The lowest BCUT2D eigenvalue weighted by Gasteiger charge is -2.23. The van der Waals surface area contributed by atoms with Crippen LogP contribution in [0.2, 0.25) is 0 Å². The van der Waals surface area contributed by atoms with E-state index in [4.69, 9.17) is 0 Å². The second-order valence-electron chi connectivity index (χ2n) is 5.17. The molecule has 0 spiro atoms. The quantitative estimate of drug-likeness (QED) is 0.532. The zero-order valence-electron chi connectivity index (χ0n) is 10.6. The average Bonchev–Trinajstić information content (AvgIpc) is 2.65. The summed E-state index contributed by atoms with van der Waals surface area (Å²) in [5.74, 6) is -3.07. The van der Waals surface area contributed by atoms with Gasteiger partial charge in [-0.2, -0.15) is 5.10 Å². The fourth-order valence-electron chi connectivity index (χ4n) is 1.78. The first-order chi connectivity index (χ1) is 8.71. The number of benzene rings is 1. The Balaban J connectivity index is 2.73. The van der Waals surface area contributed by atoms with E-state index in [0.717, 1.165) is 6.07 Å². The lowest BCUT2D eigenvalue weighted by atomic mass is 10.1. The van der Waals surface area contributed by atoms with E-state index in [1.165, 1.54) is 0 Å². The second kappa shape index (κ2) is 4.81. The van der Waals surface area contributed by atoms with Crippen molar-refractivity contribution in [2.45, 2.75) is 26.3 Å². The summed E-state index contributed by atoms with van der Waals surface area (Å²) in [4.78, 5) is 0. The molecule has 0 fully saturated rings. The van der Waals surface area contributed by atoms with Gasteiger partial charge in [0.2, 0.25) is 0 Å². The largest absolute Gasteiger partial charge is 0.258 e. The first-order valence-electron chi connectivity index (χ1n) is 5.60. The molecule has 1 aromatic carbocycles. The van der Waals surface area contributed by atoms with E-state index in [1.807, 2.05) is 43.4 Å². The van der Waals surface area contributed by atoms with E-state index >= 15 is 0 Å². The maximum atomic E-state index is 13.9. The van der Waals surface area contributed by atoms with Crippen molar-refractivity contribution in [2.75, 3.05) is 0 Å². The van der Waals surface area contributed by atoms with Crippen LogP contribution >= 0.6 is 22.6 Å². The van der Waals surface area contributed by atoms with Gasteiger partial charge in [-0.25, -0.2) is 13.2 Å². The van der Waals surface area contributed by atoms with Gasteiger partial charge in [-0.15, -0.1) is 0 Å². The molecule has 0 saturated heterocycles. The molecule has 0 atom stereocenters. The highest BCUT2D eigenvalue weighted by Crippen LogP contribution is 2.32.